The van der Waals surface area contributed by atoms with Crippen LogP contribution in [0.2, 0.25) is 0 Å². The summed E-state index contributed by atoms with van der Waals surface area (Å²) in [5, 5.41) is 13.7. The number of nitrogens with zero attached hydrogens (tertiary/aromatic N) is 8. The van der Waals surface area contributed by atoms with Gasteiger partial charge in [-0.15, -0.1) is 10.2 Å². The van der Waals surface area contributed by atoms with Crippen LogP contribution in [0.1, 0.15) is 87.8 Å². The molecule has 2 heterocycles. The lowest BCUT2D eigenvalue weighted by atomic mass is 9.66. The molecule has 3 amide bonds. The highest BCUT2D eigenvalue weighted by Gasteiger charge is 2.57. The second-order valence-electron chi connectivity index (χ2n) is 13.7. The summed E-state index contributed by atoms with van der Waals surface area (Å²) in [5.74, 6) is 1.00. The number of tetrazole rings is 1. The number of hydrogen-bond donors (Lipinski definition) is 0. The van der Waals surface area contributed by atoms with E-state index in [-0.39, 0.29) is 35.8 Å². The maximum Gasteiger partial charge on any atom is 0.301 e. The molecule has 3 aliphatic rings. The summed E-state index contributed by atoms with van der Waals surface area (Å²) in [6.45, 7) is 9.75. The molecule has 1 saturated heterocycles. The van der Waals surface area contributed by atoms with Crippen molar-refractivity contribution in [3.8, 4) is 0 Å². The van der Waals surface area contributed by atoms with E-state index in [2.05, 4.69) is 22.1 Å². The number of aromatic nitrogens is 4. The van der Waals surface area contributed by atoms with Gasteiger partial charge in [-0.25, -0.2) is 6.57 Å². The van der Waals surface area contributed by atoms with Gasteiger partial charge in [0.15, 0.2) is 5.82 Å². The van der Waals surface area contributed by atoms with Crippen LogP contribution in [0, 0.1) is 18.4 Å². The Morgan fingerprint density at radius 3 is 2.07 bits per heavy atom. The van der Waals surface area contributed by atoms with Gasteiger partial charge in [0.2, 0.25) is 5.91 Å². The van der Waals surface area contributed by atoms with E-state index in [0.717, 1.165) is 35.1 Å². The van der Waals surface area contributed by atoms with E-state index in [1.807, 2.05) is 41.3 Å². The molecule has 0 unspecified atom stereocenters. The number of fused-ring (bicyclic) bond motifs is 3. The molecule has 4 atom stereocenters. The smallest absolute Gasteiger partial charge is 0.301 e. The molecule has 0 N–H and O–H groups in total. The van der Waals surface area contributed by atoms with Crippen LogP contribution in [0.25, 0.3) is 4.85 Å². The molecule has 0 radical (unpaired) electrons. The normalized spacial score (nSPS) is 21.2. The van der Waals surface area contributed by atoms with Crippen LogP contribution in [-0.4, -0.2) is 93.0 Å². The molecule has 1 saturated carbocycles. The zero-order valence-corrected chi connectivity index (χ0v) is 27.5. The molecule has 2 aromatic carbocycles. The van der Waals surface area contributed by atoms with Gasteiger partial charge in [0.1, 0.15) is 0 Å². The SMILES string of the molecule is [C-]#[N+][C@@H]1C[C@@H]2C[C@@H]2N1C(=O)CC[C@@H](C)CC1(c2nnn(C)n2)c2ccc(C(=O)N(C)C)cc2CCc2cc(C(=O)N(C)C)ccc21. The number of piperidine rings is 1. The zero-order valence-electron chi connectivity index (χ0n) is 27.5. The Morgan fingerprint density at radius 2 is 1.57 bits per heavy atom. The van der Waals surface area contributed by atoms with Gasteiger partial charge in [-0.05, 0) is 95.7 Å². The summed E-state index contributed by atoms with van der Waals surface area (Å²) in [7, 11) is 8.73. The Balaban J connectivity index is 1.44. The van der Waals surface area contributed by atoms with Gasteiger partial charge in [-0.1, -0.05) is 19.1 Å². The van der Waals surface area contributed by atoms with Crippen LogP contribution in [0.3, 0.4) is 0 Å². The molecular weight excluding hydrogens is 580 g/mol. The zero-order chi connectivity index (χ0) is 32.9. The van der Waals surface area contributed by atoms with Crippen LogP contribution in [0.4, 0.5) is 0 Å². The predicted molar refractivity (Wildman–Crippen MR) is 172 cm³/mol. The monoisotopic (exact) mass is 622 g/mol. The van der Waals surface area contributed by atoms with Crippen molar-refractivity contribution in [1.82, 2.24) is 34.9 Å². The highest BCUT2D eigenvalue weighted by atomic mass is 16.2. The quantitative estimate of drug-likeness (QED) is 0.355. The summed E-state index contributed by atoms with van der Waals surface area (Å²) in [6.07, 6.45) is 4.40. The summed E-state index contributed by atoms with van der Waals surface area (Å²) in [4.78, 5) is 49.7. The van der Waals surface area contributed by atoms with Crippen LogP contribution in [0.5, 0.6) is 0 Å². The number of benzene rings is 2. The van der Waals surface area contributed by atoms with Crippen LogP contribution in [-0.2, 0) is 30.1 Å². The van der Waals surface area contributed by atoms with E-state index in [1.165, 1.54) is 4.80 Å². The topological polar surface area (TPSA) is 109 Å². The number of amides is 3. The fourth-order valence-corrected chi connectivity index (χ4v) is 7.66. The van der Waals surface area contributed by atoms with Gasteiger partial charge in [-0.2, -0.15) is 4.80 Å². The lowest BCUT2D eigenvalue weighted by Gasteiger charge is -2.36. The third-order valence-electron chi connectivity index (χ3n) is 10.0. The van der Waals surface area contributed by atoms with E-state index >= 15 is 0 Å². The van der Waals surface area contributed by atoms with Crippen LogP contribution in [0.15, 0.2) is 36.4 Å². The van der Waals surface area contributed by atoms with E-state index in [0.29, 0.717) is 55.0 Å². The molecule has 6 rings (SSSR count). The van der Waals surface area contributed by atoms with Crippen molar-refractivity contribution < 1.29 is 14.4 Å². The third-order valence-corrected chi connectivity index (χ3v) is 10.0. The second-order valence-corrected chi connectivity index (χ2v) is 13.7. The highest BCUT2D eigenvalue weighted by molar-refractivity contribution is 5.95. The largest absolute Gasteiger partial charge is 0.345 e. The Bertz CT molecular complexity index is 1670. The summed E-state index contributed by atoms with van der Waals surface area (Å²) >= 11 is 0. The lowest BCUT2D eigenvalue weighted by Crippen LogP contribution is -2.37. The summed E-state index contributed by atoms with van der Waals surface area (Å²) in [6, 6.07) is 12.0. The van der Waals surface area contributed by atoms with Crippen LogP contribution >= 0.6 is 0 Å². The van der Waals surface area contributed by atoms with Crippen molar-refractivity contribution in [3.05, 3.63) is 87.0 Å². The number of likely N-dealkylation sites (tertiary alicyclic amines) is 1. The van der Waals surface area contributed by atoms with Gasteiger partial charge >= 0.3 is 6.17 Å². The molecule has 1 aromatic heterocycles. The first-order valence-electron chi connectivity index (χ1n) is 16.1. The third kappa shape index (κ3) is 5.44. The second kappa shape index (κ2) is 12.0. The maximum absolute atomic E-state index is 13.4. The summed E-state index contributed by atoms with van der Waals surface area (Å²) < 4.78 is 0. The van der Waals surface area contributed by atoms with Crippen molar-refractivity contribution in [2.24, 2.45) is 18.9 Å². The minimum absolute atomic E-state index is 0.0571. The number of rotatable bonds is 8. The molecule has 0 bridgehead atoms. The molecule has 240 valence electrons. The van der Waals surface area contributed by atoms with Crippen molar-refractivity contribution in [2.45, 2.75) is 69.5 Å². The highest BCUT2D eigenvalue weighted by Crippen LogP contribution is 2.50. The molecule has 1 aliphatic heterocycles. The fraction of sp³-hybridized carbons (Fsp3) is 0.514. The standard InChI is InChI=1S/C35H42N8O3/c1-21(8-15-31(44)43-29-18-26(29)19-30(43)36-2)20-35(34-37-39-42(7)38-34)27-13-11-24(32(45)40(3)4)16-22(27)9-10-23-17-25(12-14-28(23)35)33(46)41(5)6/h11-14,16-17,21,26,29-30H,8-10,15,18-20H2,1,3-7H3/t21-,26+,29+,30+/m1/s1. The molecule has 0 spiro atoms. The predicted octanol–water partition coefficient (Wildman–Crippen LogP) is 3.72. The first kappa shape index (κ1) is 31.4. The number of aryl methyl sites for hydroxylation is 3. The van der Waals surface area contributed by atoms with Gasteiger partial charge in [0.05, 0.1) is 12.5 Å². The Hall–Kier alpha value is -4.59. The molecule has 2 aliphatic carbocycles. The van der Waals surface area contributed by atoms with Gasteiger partial charge in [0.25, 0.3) is 11.8 Å². The number of carbonyl (C=O) groups excluding carboxylic acids is 3. The number of carbonyl (C=O) groups is 3. The van der Waals surface area contributed by atoms with Crippen molar-refractivity contribution >= 4 is 17.7 Å². The molecule has 46 heavy (non-hydrogen) atoms. The molecule has 11 heteroatoms. The summed E-state index contributed by atoms with van der Waals surface area (Å²) in [5.41, 5.74) is 4.44. The Labute approximate surface area is 270 Å². The van der Waals surface area contributed by atoms with Gasteiger partial charge in [-0.3, -0.25) is 24.1 Å². The Kier molecular flexibility index (Phi) is 8.17. The molecule has 11 nitrogen and oxygen atoms in total. The van der Waals surface area contributed by atoms with E-state index < -0.39 is 5.41 Å². The first-order valence-corrected chi connectivity index (χ1v) is 16.1. The van der Waals surface area contributed by atoms with Gasteiger partial charge in [0, 0.05) is 58.2 Å². The van der Waals surface area contributed by atoms with Crippen molar-refractivity contribution in [3.63, 3.8) is 0 Å². The average molecular weight is 623 g/mol. The van der Waals surface area contributed by atoms with Crippen LogP contribution < -0.4 is 0 Å². The lowest BCUT2D eigenvalue weighted by molar-refractivity contribution is -0.132. The minimum atomic E-state index is -0.842. The number of hydrogen-bond acceptors (Lipinski definition) is 6. The fourth-order valence-electron chi connectivity index (χ4n) is 7.66. The van der Waals surface area contributed by atoms with Gasteiger partial charge < -0.3 is 9.80 Å². The Morgan fingerprint density at radius 1 is 0.978 bits per heavy atom. The van der Waals surface area contributed by atoms with Crippen molar-refractivity contribution in [1.29, 1.82) is 0 Å². The minimum Gasteiger partial charge on any atom is -0.345 e. The maximum atomic E-state index is 13.4. The molecule has 2 fully saturated rings. The van der Waals surface area contributed by atoms with Crippen molar-refractivity contribution in [2.75, 3.05) is 28.2 Å². The first-order chi connectivity index (χ1) is 21.9. The van der Waals surface area contributed by atoms with E-state index in [9.17, 15) is 14.4 Å². The van der Waals surface area contributed by atoms with E-state index in [4.69, 9.17) is 11.7 Å². The molecular formula is C35H42N8O3. The molecule has 3 aromatic rings. The van der Waals surface area contributed by atoms with E-state index in [1.54, 1.807) is 45.0 Å². The average Bonchev–Trinajstić information content (AvgIpc) is 3.53.